The Morgan fingerprint density at radius 3 is 1.78 bits per heavy atom. The van der Waals surface area contributed by atoms with Crippen molar-refractivity contribution in [1.82, 2.24) is 0 Å². The van der Waals surface area contributed by atoms with E-state index in [1.54, 1.807) is 19.8 Å². The molecule has 0 aliphatic rings. The molecule has 0 atom stereocenters. The van der Waals surface area contributed by atoms with Crippen molar-refractivity contribution in [3.8, 4) is 0 Å². The second-order valence-corrected chi connectivity index (χ2v) is 3.35. The molecule has 0 aliphatic heterocycles. The van der Waals surface area contributed by atoms with Crippen LogP contribution in [0, 0.1) is 0 Å². The van der Waals surface area contributed by atoms with Crippen molar-refractivity contribution >= 4 is 4.36 Å². The SMILES string of the molecule is CC(C)(C)O[C](=O)[Pt].[Ni]. The van der Waals surface area contributed by atoms with Crippen molar-refractivity contribution in [3.05, 3.63) is 0 Å². The number of carbonyl (C=O) groups excluding carboxylic acids is 1. The molecule has 0 N–H and O–H groups in total. The Morgan fingerprint density at radius 1 is 1.44 bits per heavy atom. The van der Waals surface area contributed by atoms with Gasteiger partial charge in [-0.05, 0) is 0 Å². The summed E-state index contributed by atoms with van der Waals surface area (Å²) in [7, 11) is 0. The van der Waals surface area contributed by atoms with Crippen LogP contribution in [-0.2, 0) is 41.0 Å². The van der Waals surface area contributed by atoms with Crippen LogP contribution in [0.4, 0.5) is 4.79 Å². The van der Waals surface area contributed by atoms with E-state index in [-0.39, 0.29) is 26.5 Å². The zero-order valence-corrected chi connectivity index (χ0v) is 8.71. The van der Waals surface area contributed by atoms with E-state index in [0.717, 1.165) is 0 Å². The zero-order valence-electron chi connectivity index (χ0n) is 5.45. The van der Waals surface area contributed by atoms with E-state index in [4.69, 9.17) is 4.74 Å². The van der Waals surface area contributed by atoms with E-state index in [1.807, 2.05) is 20.8 Å². The van der Waals surface area contributed by atoms with Crippen LogP contribution in [0.25, 0.3) is 0 Å². The summed E-state index contributed by atoms with van der Waals surface area (Å²) in [5.74, 6) is 0. The summed E-state index contributed by atoms with van der Waals surface area (Å²) in [6.45, 7) is 5.51. The first-order chi connectivity index (χ1) is 3.42. The van der Waals surface area contributed by atoms with E-state index < -0.39 is 0 Å². The van der Waals surface area contributed by atoms with Gasteiger partial charge in [0, 0.05) is 16.5 Å². The Morgan fingerprint density at radius 2 is 1.78 bits per heavy atom. The van der Waals surface area contributed by atoms with Crippen LogP contribution in [0.2, 0.25) is 0 Å². The maximum atomic E-state index is 10.2. The van der Waals surface area contributed by atoms with Crippen LogP contribution in [0.1, 0.15) is 20.8 Å². The van der Waals surface area contributed by atoms with Gasteiger partial charge in [0.2, 0.25) is 0 Å². The van der Waals surface area contributed by atoms with E-state index >= 15 is 0 Å². The third-order valence-corrected chi connectivity index (χ3v) is 0.612. The van der Waals surface area contributed by atoms with Crippen LogP contribution < -0.4 is 0 Å². The molecular weight excluding hydrogens is 346 g/mol. The Labute approximate surface area is 76.5 Å². The predicted octanol–water partition coefficient (Wildman–Crippen LogP) is 1.47. The summed E-state index contributed by atoms with van der Waals surface area (Å²) in [4.78, 5) is 10.2. The summed E-state index contributed by atoms with van der Waals surface area (Å²) in [5, 5.41) is 0. The molecule has 2 nitrogen and oxygen atoms in total. The summed E-state index contributed by atoms with van der Waals surface area (Å²) in [5.41, 5.74) is -0.334. The van der Waals surface area contributed by atoms with Crippen LogP contribution in [-0.4, -0.2) is 9.96 Å². The molecule has 0 heterocycles. The number of hydrogen-bond acceptors (Lipinski definition) is 2. The Balaban J connectivity index is 0. The fourth-order valence-corrected chi connectivity index (χ4v) is 0.918. The average molecular weight is 355 g/mol. The van der Waals surface area contributed by atoms with Gasteiger partial charge in [-0.2, -0.15) is 0 Å². The third kappa shape index (κ3) is 12.0. The maximum Gasteiger partial charge on any atom is 0 e. The summed E-state index contributed by atoms with van der Waals surface area (Å²) < 4.78 is 4.53. The smallest absolute Gasteiger partial charge is 0 e. The summed E-state index contributed by atoms with van der Waals surface area (Å²) in [6, 6.07) is 0. The minimum atomic E-state index is -0.334. The van der Waals surface area contributed by atoms with Crippen molar-refractivity contribution in [2.75, 3.05) is 0 Å². The first-order valence-corrected chi connectivity index (χ1v) is 3.41. The number of rotatable bonds is 0. The van der Waals surface area contributed by atoms with Crippen molar-refractivity contribution in [1.29, 1.82) is 0 Å². The van der Waals surface area contributed by atoms with Crippen molar-refractivity contribution in [2.45, 2.75) is 26.4 Å². The average Bonchev–Trinajstić information content (AvgIpc) is 1.21. The van der Waals surface area contributed by atoms with E-state index in [0.29, 0.717) is 0 Å². The fourth-order valence-electron chi connectivity index (χ4n) is 0.222. The minimum Gasteiger partial charge on any atom is 0 e. The Hall–Kier alpha value is 0.652. The zero-order chi connectivity index (χ0) is 6.78. The maximum absolute atomic E-state index is 10.2. The molecule has 0 fully saturated rings. The summed E-state index contributed by atoms with van der Waals surface area (Å²) in [6.07, 6.45) is 0. The predicted molar refractivity (Wildman–Crippen MR) is 26.2 cm³/mol. The van der Waals surface area contributed by atoms with Crippen molar-refractivity contribution < 1.29 is 45.8 Å². The fraction of sp³-hybridized carbons (Fsp3) is 0.800. The van der Waals surface area contributed by atoms with Gasteiger partial charge in [0.15, 0.2) is 0 Å². The van der Waals surface area contributed by atoms with Gasteiger partial charge in [-0.25, -0.2) is 0 Å². The molecule has 0 spiro atoms. The quantitative estimate of drug-likeness (QED) is 0.616. The van der Waals surface area contributed by atoms with Crippen LogP contribution in [0.5, 0.6) is 0 Å². The molecule has 9 heavy (non-hydrogen) atoms. The second kappa shape index (κ2) is 4.46. The summed E-state index contributed by atoms with van der Waals surface area (Å²) >= 11 is 1.59. The third-order valence-electron chi connectivity index (χ3n) is 0.380. The molecular formula is C5H9NiO2Pt. The Bertz CT molecular complexity index is 97.6. The van der Waals surface area contributed by atoms with Gasteiger partial charge in [-0.15, -0.1) is 0 Å². The monoisotopic (exact) mass is 354 g/mol. The van der Waals surface area contributed by atoms with Gasteiger partial charge in [0.05, 0.1) is 0 Å². The van der Waals surface area contributed by atoms with Gasteiger partial charge in [-0.1, -0.05) is 0 Å². The van der Waals surface area contributed by atoms with Gasteiger partial charge >= 0.3 is 60.1 Å². The molecule has 0 radical (unpaired) electrons. The molecule has 0 aromatic rings. The standard InChI is InChI=1S/C5H9O2.Ni.Pt/c1-5(2,3)7-4-6;;/h1-3H3;;. The van der Waals surface area contributed by atoms with Gasteiger partial charge in [0.25, 0.3) is 0 Å². The number of ether oxygens (including phenoxy) is 1. The van der Waals surface area contributed by atoms with E-state index in [2.05, 4.69) is 0 Å². The molecule has 0 aromatic carbocycles. The van der Waals surface area contributed by atoms with Gasteiger partial charge < -0.3 is 0 Å². The molecule has 0 bridgehead atoms. The largest absolute Gasteiger partial charge is 0 e. The normalized spacial score (nSPS) is 9.89. The van der Waals surface area contributed by atoms with Crippen LogP contribution >= 0.6 is 0 Å². The first-order valence-electron chi connectivity index (χ1n) is 2.27. The molecule has 0 rings (SSSR count). The van der Waals surface area contributed by atoms with Crippen molar-refractivity contribution in [2.24, 2.45) is 0 Å². The minimum absolute atomic E-state index is 0. The van der Waals surface area contributed by atoms with E-state index in [9.17, 15) is 4.79 Å². The molecule has 0 unspecified atom stereocenters. The van der Waals surface area contributed by atoms with E-state index in [1.165, 1.54) is 0 Å². The Kier molecular flexibility index (Phi) is 6.12. The van der Waals surface area contributed by atoms with Crippen LogP contribution in [0.15, 0.2) is 0 Å². The van der Waals surface area contributed by atoms with Gasteiger partial charge in [0.1, 0.15) is 0 Å². The van der Waals surface area contributed by atoms with Crippen LogP contribution in [0.3, 0.4) is 0 Å². The molecule has 4 heteroatoms. The molecule has 0 aliphatic carbocycles. The molecule has 0 amide bonds. The molecule has 61 valence electrons. The van der Waals surface area contributed by atoms with Crippen molar-refractivity contribution in [3.63, 3.8) is 0 Å². The number of hydrogen-bond donors (Lipinski definition) is 0. The topological polar surface area (TPSA) is 26.3 Å². The molecule has 0 saturated heterocycles. The molecule has 0 aromatic heterocycles. The first kappa shape index (κ1) is 12.3. The molecule has 0 saturated carbocycles. The number of carbonyl (C=O) groups is 1. The second-order valence-electron chi connectivity index (χ2n) is 2.43. The van der Waals surface area contributed by atoms with Gasteiger partial charge in [-0.3, -0.25) is 0 Å².